The zero-order chi connectivity index (χ0) is 29.7. The minimum atomic E-state index is -3.05. The number of carbonyl (C=O) groups excluding carboxylic acids is 2. The number of hydrogen-bond donors (Lipinski definition) is 1. The number of hydrogen-bond acceptors (Lipinski definition) is 5. The van der Waals surface area contributed by atoms with Crippen molar-refractivity contribution >= 4 is 25.0 Å². The highest BCUT2D eigenvalue weighted by Gasteiger charge is 2.55. The molecule has 0 radical (unpaired) electrons. The van der Waals surface area contributed by atoms with Crippen molar-refractivity contribution in [3.8, 4) is 0 Å². The lowest BCUT2D eigenvalue weighted by atomic mass is 9.67. The number of nitrogens with zero attached hydrogens (tertiary/aromatic N) is 3. The second kappa shape index (κ2) is 10.6. The molecule has 0 aromatic carbocycles. The third kappa shape index (κ3) is 6.42. The van der Waals surface area contributed by atoms with Crippen molar-refractivity contribution in [2.45, 2.75) is 103 Å². The lowest BCUT2D eigenvalue weighted by molar-refractivity contribution is -0.150. The maximum absolute atomic E-state index is 14.1. The minimum absolute atomic E-state index is 0.195. The van der Waals surface area contributed by atoms with E-state index in [-0.39, 0.29) is 6.54 Å². The van der Waals surface area contributed by atoms with Gasteiger partial charge in [-0.25, -0.2) is 13.6 Å². The highest BCUT2D eigenvalue weighted by atomic mass is 19.3. The Kier molecular flexibility index (Phi) is 8.55. The van der Waals surface area contributed by atoms with Gasteiger partial charge in [0.1, 0.15) is 6.04 Å². The fraction of sp³-hybridized carbons (Fsp3) is 0.815. The first-order valence-electron chi connectivity index (χ1n) is 13.6. The van der Waals surface area contributed by atoms with E-state index in [1.807, 2.05) is 33.8 Å². The van der Waals surface area contributed by atoms with Crippen LogP contribution in [0.1, 0.15) is 74.1 Å². The van der Waals surface area contributed by atoms with Crippen LogP contribution < -0.4 is 0 Å². The van der Waals surface area contributed by atoms with Gasteiger partial charge in [0.25, 0.3) is 5.92 Å². The molecule has 0 aromatic heterocycles. The van der Waals surface area contributed by atoms with E-state index < -0.39 is 78.5 Å². The van der Waals surface area contributed by atoms with Crippen molar-refractivity contribution < 1.29 is 37.6 Å². The monoisotopic (exact) mass is 555 g/mol. The van der Waals surface area contributed by atoms with E-state index in [0.29, 0.717) is 19.3 Å². The average molecular weight is 555 g/mol. The summed E-state index contributed by atoms with van der Waals surface area (Å²) in [6.45, 7) is 11.8. The molecule has 0 bridgehead atoms. The summed E-state index contributed by atoms with van der Waals surface area (Å²) in [6.07, 6.45) is 1.49. The van der Waals surface area contributed by atoms with E-state index in [2.05, 4.69) is 0 Å². The highest BCUT2D eigenvalue weighted by molar-refractivity contribution is 6.54. The molecule has 1 unspecified atom stereocenters. The summed E-state index contributed by atoms with van der Waals surface area (Å²) >= 11 is 0. The molecule has 2 aliphatic heterocycles. The number of amides is 3. The summed E-state index contributed by atoms with van der Waals surface area (Å²) in [5.41, 5.74) is -1.16. The standard InChI is InChI=1S/C27H44BF2N3O6/c1-24(2,3)33(23(36)37)20(22(35)32-15-14-27(29,30)16-32)19(21(34)31(8)9)17-10-12-18(13-11-17)28-38-25(4,5)26(6,7)39-28/h12,17,19-20H,10-11,13-16H2,1-9H3,(H,36,37)/t17?,19-,20+/m1/s1. The second-order valence-corrected chi connectivity index (χ2v) is 13.3. The summed E-state index contributed by atoms with van der Waals surface area (Å²) in [6, 6.07) is -1.46. The number of carboxylic acid groups (broad SMARTS) is 1. The van der Waals surface area contributed by atoms with Crippen LogP contribution in [0.25, 0.3) is 0 Å². The molecule has 0 aromatic rings. The van der Waals surface area contributed by atoms with E-state index in [1.54, 1.807) is 34.9 Å². The molecule has 2 saturated heterocycles. The number of alkyl halides is 2. The Hall–Kier alpha value is -2.21. The van der Waals surface area contributed by atoms with Crippen molar-refractivity contribution in [2.24, 2.45) is 11.8 Å². The molecule has 3 amide bonds. The molecule has 2 fully saturated rings. The Morgan fingerprint density at radius 1 is 1.13 bits per heavy atom. The van der Waals surface area contributed by atoms with Crippen molar-refractivity contribution in [2.75, 3.05) is 27.2 Å². The normalized spacial score (nSPS) is 25.6. The van der Waals surface area contributed by atoms with Crippen molar-refractivity contribution in [1.82, 2.24) is 14.7 Å². The van der Waals surface area contributed by atoms with Gasteiger partial charge in [-0.05, 0) is 79.1 Å². The molecule has 1 N–H and O–H groups in total. The smallest absolute Gasteiger partial charge is 0.465 e. The molecular weight excluding hydrogens is 511 g/mol. The van der Waals surface area contributed by atoms with Crippen LogP contribution in [0, 0.1) is 11.8 Å². The number of carbonyl (C=O) groups is 3. The van der Waals surface area contributed by atoms with Gasteiger partial charge < -0.3 is 24.2 Å². The minimum Gasteiger partial charge on any atom is -0.465 e. The van der Waals surface area contributed by atoms with Gasteiger partial charge in [-0.3, -0.25) is 14.5 Å². The van der Waals surface area contributed by atoms with Gasteiger partial charge >= 0.3 is 13.2 Å². The van der Waals surface area contributed by atoms with Gasteiger partial charge in [0, 0.05) is 32.6 Å². The molecule has 3 atom stereocenters. The van der Waals surface area contributed by atoms with Crippen LogP contribution in [-0.4, -0.2) is 101 Å². The Balaban J connectivity index is 2.00. The van der Waals surface area contributed by atoms with Crippen molar-refractivity contribution in [3.05, 3.63) is 11.5 Å². The van der Waals surface area contributed by atoms with Gasteiger partial charge in [0.2, 0.25) is 11.8 Å². The molecule has 12 heteroatoms. The van der Waals surface area contributed by atoms with Crippen LogP contribution in [0.4, 0.5) is 13.6 Å². The number of halogens is 2. The van der Waals surface area contributed by atoms with E-state index in [0.717, 1.165) is 15.3 Å². The molecule has 2 heterocycles. The molecule has 9 nitrogen and oxygen atoms in total. The van der Waals surface area contributed by atoms with E-state index in [9.17, 15) is 28.3 Å². The van der Waals surface area contributed by atoms with Gasteiger partial charge in [-0.2, -0.15) is 0 Å². The first-order valence-corrected chi connectivity index (χ1v) is 13.6. The van der Waals surface area contributed by atoms with Crippen LogP contribution in [-0.2, 0) is 18.9 Å². The highest BCUT2D eigenvalue weighted by Crippen LogP contribution is 2.43. The molecular formula is C27H44BF2N3O6. The Labute approximate surface area is 231 Å². The molecule has 0 saturated carbocycles. The number of allylic oxidation sites excluding steroid dienone is 2. The first kappa shape index (κ1) is 31.3. The van der Waals surface area contributed by atoms with Crippen molar-refractivity contribution in [1.29, 1.82) is 0 Å². The maximum atomic E-state index is 14.1. The summed E-state index contributed by atoms with van der Waals surface area (Å²) < 4.78 is 40.6. The van der Waals surface area contributed by atoms with Crippen molar-refractivity contribution in [3.63, 3.8) is 0 Å². The Bertz CT molecular complexity index is 994. The molecule has 0 spiro atoms. The predicted molar refractivity (Wildman–Crippen MR) is 143 cm³/mol. The number of rotatable bonds is 6. The lowest BCUT2D eigenvalue weighted by Crippen LogP contribution is -2.63. The number of likely N-dealkylation sites (tertiary alicyclic amines) is 1. The fourth-order valence-corrected chi connectivity index (χ4v) is 5.66. The summed E-state index contributed by atoms with van der Waals surface area (Å²) in [7, 11) is 2.57. The van der Waals surface area contributed by atoms with Crippen LogP contribution in [0.5, 0.6) is 0 Å². The maximum Gasteiger partial charge on any atom is 0.490 e. The van der Waals surface area contributed by atoms with Gasteiger partial charge in [0.15, 0.2) is 0 Å². The summed E-state index contributed by atoms with van der Waals surface area (Å²) in [5, 5.41) is 10.3. The third-order valence-corrected chi connectivity index (χ3v) is 8.56. The largest absolute Gasteiger partial charge is 0.490 e. The zero-order valence-electron chi connectivity index (χ0n) is 24.7. The molecule has 1 aliphatic carbocycles. The molecule has 3 aliphatic rings. The quantitative estimate of drug-likeness (QED) is 0.497. The molecule has 220 valence electrons. The van der Waals surface area contributed by atoms with Gasteiger partial charge in [0.05, 0.1) is 23.7 Å². The Morgan fingerprint density at radius 3 is 2.08 bits per heavy atom. The van der Waals surface area contributed by atoms with E-state index in [4.69, 9.17) is 9.31 Å². The first-order chi connectivity index (χ1) is 17.7. The lowest BCUT2D eigenvalue weighted by Gasteiger charge is -2.45. The topological polar surface area (TPSA) is 99.6 Å². The van der Waals surface area contributed by atoms with Gasteiger partial charge in [-0.1, -0.05) is 6.08 Å². The van der Waals surface area contributed by atoms with E-state index >= 15 is 0 Å². The SMILES string of the molecule is CN(C)C(=O)[C@H](C1CC=C(B2OC(C)(C)C(C)(C)O2)CC1)[C@@H](C(=O)N1CCC(F)(F)C1)N(C(=O)O)C(C)(C)C. The summed E-state index contributed by atoms with van der Waals surface area (Å²) in [4.78, 5) is 43.6. The Morgan fingerprint density at radius 2 is 1.69 bits per heavy atom. The van der Waals surface area contributed by atoms with Crippen LogP contribution in [0.2, 0.25) is 0 Å². The molecule has 3 rings (SSSR count). The van der Waals surface area contributed by atoms with Gasteiger partial charge in [-0.15, -0.1) is 0 Å². The third-order valence-electron chi connectivity index (χ3n) is 8.56. The molecule has 39 heavy (non-hydrogen) atoms. The second-order valence-electron chi connectivity index (χ2n) is 13.3. The van der Waals surface area contributed by atoms with E-state index in [1.165, 1.54) is 4.90 Å². The van der Waals surface area contributed by atoms with Crippen LogP contribution in [0.3, 0.4) is 0 Å². The zero-order valence-corrected chi connectivity index (χ0v) is 24.7. The van der Waals surface area contributed by atoms with Crippen LogP contribution in [0.15, 0.2) is 11.5 Å². The summed E-state index contributed by atoms with van der Waals surface area (Å²) in [5.74, 6) is -5.68. The predicted octanol–water partition coefficient (Wildman–Crippen LogP) is 4.06. The van der Waals surface area contributed by atoms with Crippen LogP contribution >= 0.6 is 0 Å². The fourth-order valence-electron chi connectivity index (χ4n) is 5.66. The average Bonchev–Trinajstić information content (AvgIpc) is 3.26.